The van der Waals surface area contributed by atoms with Crippen molar-refractivity contribution in [2.24, 2.45) is 0 Å². The Morgan fingerprint density at radius 1 is 1.11 bits per heavy atom. The number of pyridine rings is 1. The molecule has 0 spiro atoms. The van der Waals surface area contributed by atoms with Crippen LogP contribution in [0.2, 0.25) is 0 Å². The highest BCUT2D eigenvalue weighted by Gasteiger charge is 2.51. The number of amides is 1. The van der Waals surface area contributed by atoms with E-state index >= 15 is 0 Å². The van der Waals surface area contributed by atoms with Crippen LogP contribution in [-0.4, -0.2) is 43.3 Å². The zero-order valence-electron chi connectivity index (χ0n) is 20.6. The standard InChI is InChI=1S/C28H31N3O4/c1-5-31(3)26(21-8-6-7-9-22(21)33-4)20-11-13-25(29-18(20)2)30-27(32)28(14-15-28)19-10-12-23-24(16-19)35-17-34-23/h6-13,16,26H,5,14-15,17H2,1-4H3,(H,29,30,32). The van der Waals surface area contributed by atoms with Crippen LogP contribution in [0.3, 0.4) is 0 Å². The number of nitrogens with zero attached hydrogens (tertiary/aromatic N) is 2. The van der Waals surface area contributed by atoms with Crippen LogP contribution in [0.4, 0.5) is 5.82 Å². The van der Waals surface area contributed by atoms with E-state index in [9.17, 15) is 4.79 Å². The van der Waals surface area contributed by atoms with Gasteiger partial charge in [0, 0.05) is 11.3 Å². The van der Waals surface area contributed by atoms with Crippen LogP contribution in [0.5, 0.6) is 17.2 Å². The van der Waals surface area contributed by atoms with Crippen LogP contribution in [0.25, 0.3) is 0 Å². The predicted octanol–water partition coefficient (Wildman–Crippen LogP) is 4.84. The Labute approximate surface area is 206 Å². The van der Waals surface area contributed by atoms with Gasteiger partial charge in [0.25, 0.3) is 0 Å². The Morgan fingerprint density at radius 3 is 2.60 bits per heavy atom. The van der Waals surface area contributed by atoms with Crippen molar-refractivity contribution >= 4 is 11.7 Å². The lowest BCUT2D eigenvalue weighted by Crippen LogP contribution is -2.29. The molecular weight excluding hydrogens is 442 g/mol. The number of methoxy groups -OCH3 is 1. The minimum absolute atomic E-state index is 0.0168. The third-order valence-electron chi connectivity index (χ3n) is 7.15. The molecule has 2 heterocycles. The first-order chi connectivity index (χ1) is 17.0. The van der Waals surface area contributed by atoms with Gasteiger partial charge in [0.15, 0.2) is 11.5 Å². The van der Waals surface area contributed by atoms with Crippen molar-refractivity contribution in [1.29, 1.82) is 0 Å². The molecular formula is C28H31N3O4. The summed E-state index contributed by atoms with van der Waals surface area (Å²) in [7, 11) is 3.79. The summed E-state index contributed by atoms with van der Waals surface area (Å²) in [5.41, 5.74) is 3.44. The summed E-state index contributed by atoms with van der Waals surface area (Å²) in [6.07, 6.45) is 1.60. The maximum absolute atomic E-state index is 13.3. The summed E-state index contributed by atoms with van der Waals surface area (Å²) in [5, 5.41) is 3.06. The number of nitrogens with one attached hydrogen (secondary N) is 1. The highest BCUT2D eigenvalue weighted by molar-refractivity contribution is 6.01. The Hall–Kier alpha value is -3.58. The lowest BCUT2D eigenvalue weighted by atomic mass is 9.94. The number of para-hydroxylation sites is 1. The van der Waals surface area contributed by atoms with Gasteiger partial charge in [0.1, 0.15) is 11.6 Å². The fourth-order valence-corrected chi connectivity index (χ4v) is 4.85. The first-order valence-electron chi connectivity index (χ1n) is 12.0. The molecule has 1 aromatic heterocycles. The van der Waals surface area contributed by atoms with E-state index in [0.29, 0.717) is 11.6 Å². The number of fused-ring (bicyclic) bond motifs is 1. The Bertz CT molecular complexity index is 1250. The fraction of sp³-hybridized carbons (Fsp3) is 0.357. The number of benzene rings is 2. The molecule has 1 N–H and O–H groups in total. The predicted molar refractivity (Wildman–Crippen MR) is 134 cm³/mol. The minimum atomic E-state index is -0.544. The summed E-state index contributed by atoms with van der Waals surface area (Å²) < 4.78 is 16.6. The van der Waals surface area contributed by atoms with Crippen LogP contribution in [-0.2, 0) is 10.2 Å². The van der Waals surface area contributed by atoms with Crippen molar-refractivity contribution in [3.05, 3.63) is 77.0 Å². The summed E-state index contributed by atoms with van der Waals surface area (Å²) in [6.45, 7) is 5.20. The molecule has 182 valence electrons. The highest BCUT2D eigenvalue weighted by atomic mass is 16.7. The number of aryl methyl sites for hydroxylation is 1. The van der Waals surface area contributed by atoms with Gasteiger partial charge in [0.05, 0.1) is 18.6 Å². The molecule has 1 aliphatic heterocycles. The Kier molecular flexibility index (Phi) is 6.11. The van der Waals surface area contributed by atoms with Gasteiger partial charge in [-0.05, 0) is 68.8 Å². The Balaban J connectivity index is 1.40. The van der Waals surface area contributed by atoms with Gasteiger partial charge in [-0.15, -0.1) is 0 Å². The normalized spacial score (nSPS) is 16.1. The van der Waals surface area contributed by atoms with E-state index in [1.165, 1.54) is 0 Å². The first-order valence-corrected chi connectivity index (χ1v) is 12.0. The zero-order valence-corrected chi connectivity index (χ0v) is 20.6. The van der Waals surface area contributed by atoms with Crippen molar-refractivity contribution in [3.63, 3.8) is 0 Å². The van der Waals surface area contributed by atoms with Gasteiger partial charge in [-0.1, -0.05) is 37.3 Å². The van der Waals surface area contributed by atoms with Crippen molar-refractivity contribution in [2.45, 2.75) is 38.1 Å². The molecule has 7 nitrogen and oxygen atoms in total. The van der Waals surface area contributed by atoms with E-state index in [2.05, 4.69) is 36.3 Å². The second-order valence-corrected chi connectivity index (χ2v) is 9.19. The van der Waals surface area contributed by atoms with Gasteiger partial charge < -0.3 is 19.5 Å². The number of hydrogen-bond donors (Lipinski definition) is 1. The van der Waals surface area contributed by atoms with Gasteiger partial charge >= 0.3 is 0 Å². The molecule has 1 unspecified atom stereocenters. The largest absolute Gasteiger partial charge is 0.496 e. The number of carbonyl (C=O) groups excluding carboxylic acids is 1. The molecule has 3 aromatic rings. The van der Waals surface area contributed by atoms with Crippen LogP contribution < -0.4 is 19.5 Å². The molecule has 5 rings (SSSR count). The minimum Gasteiger partial charge on any atom is -0.496 e. The van der Waals surface area contributed by atoms with E-state index in [4.69, 9.17) is 19.2 Å². The summed E-state index contributed by atoms with van der Waals surface area (Å²) in [6, 6.07) is 17.8. The van der Waals surface area contributed by atoms with Gasteiger partial charge in [0.2, 0.25) is 12.7 Å². The molecule has 0 saturated heterocycles. The smallest absolute Gasteiger partial charge is 0.236 e. The molecule has 35 heavy (non-hydrogen) atoms. The lowest BCUT2D eigenvalue weighted by Gasteiger charge is -2.30. The summed E-state index contributed by atoms with van der Waals surface area (Å²) in [5.74, 6) is 2.78. The number of aromatic nitrogens is 1. The molecule has 0 radical (unpaired) electrons. The average molecular weight is 474 g/mol. The zero-order chi connectivity index (χ0) is 24.6. The molecule has 1 amide bonds. The molecule has 2 aromatic carbocycles. The number of ether oxygens (including phenoxy) is 3. The number of hydrogen-bond acceptors (Lipinski definition) is 6. The first kappa shape index (κ1) is 23.2. The van der Waals surface area contributed by atoms with E-state index < -0.39 is 5.41 Å². The topological polar surface area (TPSA) is 72.9 Å². The molecule has 1 fully saturated rings. The molecule has 1 atom stereocenters. The van der Waals surface area contributed by atoms with Crippen molar-refractivity contribution in [2.75, 3.05) is 32.8 Å². The second-order valence-electron chi connectivity index (χ2n) is 9.19. The van der Waals surface area contributed by atoms with E-state index in [-0.39, 0.29) is 18.7 Å². The van der Waals surface area contributed by atoms with Crippen LogP contribution in [0.15, 0.2) is 54.6 Å². The van der Waals surface area contributed by atoms with E-state index in [0.717, 1.165) is 53.3 Å². The van der Waals surface area contributed by atoms with Gasteiger partial charge in [-0.25, -0.2) is 4.98 Å². The Morgan fingerprint density at radius 2 is 1.89 bits per heavy atom. The summed E-state index contributed by atoms with van der Waals surface area (Å²) in [4.78, 5) is 20.4. The molecule has 7 heteroatoms. The van der Waals surface area contributed by atoms with Crippen molar-refractivity contribution in [3.8, 4) is 17.2 Å². The van der Waals surface area contributed by atoms with Gasteiger partial charge in [-0.2, -0.15) is 0 Å². The molecule has 1 aliphatic carbocycles. The maximum atomic E-state index is 13.3. The van der Waals surface area contributed by atoms with Gasteiger partial charge in [-0.3, -0.25) is 9.69 Å². The number of rotatable bonds is 8. The third kappa shape index (κ3) is 4.21. The lowest BCUT2D eigenvalue weighted by molar-refractivity contribution is -0.118. The molecule has 2 aliphatic rings. The average Bonchev–Trinajstić information content (AvgIpc) is 3.56. The SMILES string of the molecule is CCN(C)C(c1ccccc1OC)c1ccc(NC(=O)C2(c3ccc4c(c3)OCO4)CC2)nc1C. The number of carbonyl (C=O) groups is 1. The fourth-order valence-electron chi connectivity index (χ4n) is 4.85. The van der Waals surface area contributed by atoms with Crippen LogP contribution >= 0.6 is 0 Å². The van der Waals surface area contributed by atoms with Crippen LogP contribution in [0.1, 0.15) is 48.2 Å². The maximum Gasteiger partial charge on any atom is 0.236 e. The highest BCUT2D eigenvalue weighted by Crippen LogP contribution is 2.51. The van der Waals surface area contributed by atoms with Crippen molar-refractivity contribution in [1.82, 2.24) is 9.88 Å². The van der Waals surface area contributed by atoms with E-state index in [1.54, 1.807) is 7.11 Å². The summed E-state index contributed by atoms with van der Waals surface area (Å²) >= 11 is 0. The third-order valence-corrected chi connectivity index (χ3v) is 7.15. The quantitative estimate of drug-likeness (QED) is 0.505. The monoisotopic (exact) mass is 473 g/mol. The van der Waals surface area contributed by atoms with Crippen molar-refractivity contribution < 1.29 is 19.0 Å². The molecule has 1 saturated carbocycles. The molecule has 0 bridgehead atoms. The second kappa shape index (κ2) is 9.23. The number of anilines is 1. The van der Waals surface area contributed by atoms with E-state index in [1.807, 2.05) is 49.4 Å². The van der Waals surface area contributed by atoms with Crippen LogP contribution in [0, 0.1) is 6.92 Å².